The Kier molecular flexibility index (Phi) is 2.32. The van der Waals surface area contributed by atoms with Crippen molar-refractivity contribution < 1.29 is 0 Å². The molecule has 0 amide bonds. The van der Waals surface area contributed by atoms with E-state index >= 15 is 0 Å². The summed E-state index contributed by atoms with van der Waals surface area (Å²) in [6.45, 7) is 0. The zero-order chi connectivity index (χ0) is 9.80. The van der Waals surface area contributed by atoms with Crippen LogP contribution in [0.2, 0.25) is 0 Å². The quantitative estimate of drug-likeness (QED) is 0.674. The van der Waals surface area contributed by atoms with Gasteiger partial charge in [0, 0.05) is 6.20 Å². The second kappa shape index (κ2) is 3.79. The molecule has 3 heteroatoms. The minimum Gasteiger partial charge on any atom is -0.265 e. The number of hydrogen-bond acceptors (Lipinski definition) is 3. The SMILES string of the molecule is O=c1nncccc1-c1ccccc1. The van der Waals surface area contributed by atoms with Crippen LogP contribution in [-0.2, 0) is 0 Å². The maximum atomic E-state index is 11.4. The second-order valence-electron chi connectivity index (χ2n) is 2.81. The Morgan fingerprint density at radius 3 is 2.50 bits per heavy atom. The molecule has 2 rings (SSSR count). The average molecular weight is 184 g/mol. The van der Waals surface area contributed by atoms with Crippen LogP contribution in [0.25, 0.3) is 11.1 Å². The topological polar surface area (TPSA) is 42.9 Å². The molecule has 0 unspecified atom stereocenters. The number of nitrogens with zero attached hydrogens (tertiary/aromatic N) is 2. The van der Waals surface area contributed by atoms with Gasteiger partial charge in [-0.1, -0.05) is 30.3 Å². The van der Waals surface area contributed by atoms with Gasteiger partial charge in [-0.2, -0.15) is 5.10 Å². The summed E-state index contributed by atoms with van der Waals surface area (Å²) in [6.07, 6.45) is 1.49. The Labute approximate surface area is 81.1 Å². The molecule has 0 bridgehead atoms. The molecular weight excluding hydrogens is 176 g/mol. The van der Waals surface area contributed by atoms with Crippen LogP contribution in [0.5, 0.6) is 0 Å². The van der Waals surface area contributed by atoms with E-state index in [1.54, 1.807) is 12.1 Å². The Bertz CT molecular complexity index is 483. The van der Waals surface area contributed by atoms with Crippen LogP contribution in [0, 0.1) is 0 Å². The van der Waals surface area contributed by atoms with Gasteiger partial charge in [0.25, 0.3) is 5.56 Å². The monoisotopic (exact) mass is 184 g/mol. The number of rotatable bonds is 1. The zero-order valence-electron chi connectivity index (χ0n) is 7.42. The smallest absolute Gasteiger partial charge is 0.265 e. The lowest BCUT2D eigenvalue weighted by Gasteiger charge is -1.94. The Balaban J connectivity index is 2.65. The van der Waals surface area contributed by atoms with Gasteiger partial charge in [0.05, 0.1) is 5.56 Å². The van der Waals surface area contributed by atoms with Crippen LogP contribution in [0.3, 0.4) is 0 Å². The summed E-state index contributed by atoms with van der Waals surface area (Å²) in [5, 5.41) is 7.08. The Morgan fingerprint density at radius 2 is 1.71 bits per heavy atom. The highest BCUT2D eigenvalue weighted by atomic mass is 16.1. The lowest BCUT2D eigenvalue weighted by molar-refractivity contribution is 1.02. The molecule has 0 N–H and O–H groups in total. The highest BCUT2D eigenvalue weighted by Gasteiger charge is 1.99. The fourth-order valence-corrected chi connectivity index (χ4v) is 1.23. The fourth-order valence-electron chi connectivity index (χ4n) is 1.23. The van der Waals surface area contributed by atoms with Crippen LogP contribution in [-0.4, -0.2) is 10.2 Å². The van der Waals surface area contributed by atoms with Gasteiger partial charge in [0.1, 0.15) is 0 Å². The predicted octanol–water partition coefficient (Wildman–Crippen LogP) is 1.50. The highest BCUT2D eigenvalue weighted by molar-refractivity contribution is 5.61. The Morgan fingerprint density at radius 1 is 0.929 bits per heavy atom. The first-order chi connectivity index (χ1) is 6.88. The van der Waals surface area contributed by atoms with E-state index in [2.05, 4.69) is 10.2 Å². The van der Waals surface area contributed by atoms with Gasteiger partial charge in [-0.05, 0) is 17.7 Å². The molecule has 14 heavy (non-hydrogen) atoms. The van der Waals surface area contributed by atoms with Gasteiger partial charge in [-0.15, -0.1) is 5.10 Å². The highest BCUT2D eigenvalue weighted by Crippen LogP contribution is 2.12. The van der Waals surface area contributed by atoms with Crippen molar-refractivity contribution in [3.8, 4) is 11.1 Å². The lowest BCUT2D eigenvalue weighted by Crippen LogP contribution is -2.05. The third-order valence-electron chi connectivity index (χ3n) is 1.88. The minimum atomic E-state index is -0.304. The molecule has 0 fully saturated rings. The largest absolute Gasteiger partial charge is 0.295 e. The normalized spacial score (nSPS) is 9.71. The summed E-state index contributed by atoms with van der Waals surface area (Å²) in [4.78, 5) is 11.4. The van der Waals surface area contributed by atoms with E-state index in [9.17, 15) is 4.79 Å². The van der Waals surface area contributed by atoms with Crippen molar-refractivity contribution in [3.63, 3.8) is 0 Å². The van der Waals surface area contributed by atoms with Crippen LogP contribution >= 0.6 is 0 Å². The van der Waals surface area contributed by atoms with Gasteiger partial charge in [0.15, 0.2) is 0 Å². The van der Waals surface area contributed by atoms with Gasteiger partial charge in [-0.3, -0.25) is 4.79 Å². The molecule has 1 aromatic heterocycles. The minimum absolute atomic E-state index is 0.304. The van der Waals surface area contributed by atoms with E-state index in [-0.39, 0.29) is 5.56 Å². The Hall–Kier alpha value is -2.03. The third kappa shape index (κ3) is 1.66. The van der Waals surface area contributed by atoms with Crippen LogP contribution < -0.4 is 5.56 Å². The summed E-state index contributed by atoms with van der Waals surface area (Å²) in [5.41, 5.74) is 1.13. The molecule has 0 saturated heterocycles. The maximum absolute atomic E-state index is 11.4. The van der Waals surface area contributed by atoms with Crippen molar-refractivity contribution in [2.75, 3.05) is 0 Å². The van der Waals surface area contributed by atoms with Gasteiger partial charge in [0.2, 0.25) is 0 Å². The number of aromatic nitrogens is 2. The van der Waals surface area contributed by atoms with Crippen molar-refractivity contribution in [1.29, 1.82) is 0 Å². The fraction of sp³-hybridized carbons (Fsp3) is 0. The van der Waals surface area contributed by atoms with Crippen molar-refractivity contribution in [2.45, 2.75) is 0 Å². The molecule has 0 radical (unpaired) electrons. The van der Waals surface area contributed by atoms with Gasteiger partial charge >= 0.3 is 0 Å². The van der Waals surface area contributed by atoms with Crippen LogP contribution in [0.4, 0.5) is 0 Å². The lowest BCUT2D eigenvalue weighted by atomic mass is 10.1. The molecule has 0 saturated carbocycles. The summed E-state index contributed by atoms with van der Waals surface area (Å²) in [7, 11) is 0. The molecule has 1 aromatic carbocycles. The van der Waals surface area contributed by atoms with Crippen LogP contribution in [0.15, 0.2) is 53.5 Å². The first kappa shape index (κ1) is 8.56. The first-order valence-electron chi connectivity index (χ1n) is 4.25. The van der Waals surface area contributed by atoms with Crippen molar-refractivity contribution in [2.24, 2.45) is 0 Å². The van der Waals surface area contributed by atoms with E-state index in [1.165, 1.54) is 6.20 Å². The molecule has 1 heterocycles. The molecule has 0 spiro atoms. The molecule has 68 valence electrons. The van der Waals surface area contributed by atoms with E-state index in [1.807, 2.05) is 30.3 Å². The zero-order valence-corrected chi connectivity index (χ0v) is 7.42. The van der Waals surface area contributed by atoms with E-state index in [4.69, 9.17) is 0 Å². The number of benzene rings is 1. The first-order valence-corrected chi connectivity index (χ1v) is 4.25. The molecular formula is C11H8N2O. The van der Waals surface area contributed by atoms with Crippen molar-refractivity contribution in [1.82, 2.24) is 10.2 Å². The predicted molar refractivity (Wildman–Crippen MR) is 53.7 cm³/mol. The van der Waals surface area contributed by atoms with Crippen LogP contribution in [0.1, 0.15) is 0 Å². The summed E-state index contributed by atoms with van der Waals surface area (Å²) >= 11 is 0. The third-order valence-corrected chi connectivity index (χ3v) is 1.88. The molecule has 0 aliphatic heterocycles. The van der Waals surface area contributed by atoms with E-state index < -0.39 is 0 Å². The summed E-state index contributed by atoms with van der Waals surface area (Å²) in [5.74, 6) is 0. The molecule has 2 aromatic rings. The maximum Gasteiger partial charge on any atom is 0.295 e. The van der Waals surface area contributed by atoms with Crippen molar-refractivity contribution >= 4 is 0 Å². The number of hydrogen-bond donors (Lipinski definition) is 0. The van der Waals surface area contributed by atoms with E-state index in [0.29, 0.717) is 5.56 Å². The van der Waals surface area contributed by atoms with Gasteiger partial charge < -0.3 is 0 Å². The van der Waals surface area contributed by atoms with E-state index in [0.717, 1.165) is 5.56 Å². The van der Waals surface area contributed by atoms with Gasteiger partial charge in [-0.25, -0.2) is 0 Å². The molecule has 0 aliphatic rings. The summed E-state index contributed by atoms with van der Waals surface area (Å²) in [6, 6.07) is 12.8. The standard InChI is InChI=1S/C11H8N2O/c14-11-10(7-4-8-12-13-11)9-5-2-1-3-6-9/h1-8H. The molecule has 3 nitrogen and oxygen atoms in total. The summed E-state index contributed by atoms with van der Waals surface area (Å²) < 4.78 is 0. The second-order valence-corrected chi connectivity index (χ2v) is 2.81. The average Bonchev–Trinajstić information content (AvgIpc) is 2.44. The van der Waals surface area contributed by atoms with Crippen molar-refractivity contribution in [3.05, 3.63) is 59.0 Å². The molecule has 0 aliphatic carbocycles. The molecule has 0 atom stereocenters.